The molecule has 7 nitrogen and oxygen atoms in total. The molecule has 0 spiro atoms. The lowest BCUT2D eigenvalue weighted by atomic mass is 10.1. The van der Waals surface area contributed by atoms with Crippen molar-refractivity contribution in [3.05, 3.63) is 47.7 Å². The molecule has 0 atom stereocenters. The van der Waals surface area contributed by atoms with Crippen molar-refractivity contribution in [3.8, 4) is 11.5 Å². The van der Waals surface area contributed by atoms with Gasteiger partial charge in [-0.1, -0.05) is 0 Å². The SMILES string of the molecule is COc1cc(C(C)=O)ccc1OCC(=O)NCCNc1ncccc1C(F)(F)F. The fraction of sp³-hybridized carbons (Fsp3) is 0.316. The highest BCUT2D eigenvalue weighted by Gasteiger charge is 2.33. The lowest BCUT2D eigenvalue weighted by molar-refractivity contribution is -0.137. The van der Waals surface area contributed by atoms with Crippen molar-refractivity contribution < 1.29 is 32.2 Å². The summed E-state index contributed by atoms with van der Waals surface area (Å²) in [5, 5.41) is 5.06. The van der Waals surface area contributed by atoms with Crippen LogP contribution in [0.5, 0.6) is 11.5 Å². The molecule has 0 unspecified atom stereocenters. The van der Waals surface area contributed by atoms with Crippen LogP contribution in [0.2, 0.25) is 0 Å². The van der Waals surface area contributed by atoms with Gasteiger partial charge in [0, 0.05) is 24.8 Å². The highest BCUT2D eigenvalue weighted by atomic mass is 19.4. The maximum Gasteiger partial charge on any atom is 0.419 e. The first kappa shape index (κ1) is 22.0. The summed E-state index contributed by atoms with van der Waals surface area (Å²) in [6.45, 7) is 1.20. The lowest BCUT2D eigenvalue weighted by Gasteiger charge is -2.14. The van der Waals surface area contributed by atoms with Crippen LogP contribution >= 0.6 is 0 Å². The van der Waals surface area contributed by atoms with E-state index in [9.17, 15) is 22.8 Å². The summed E-state index contributed by atoms with van der Waals surface area (Å²) in [4.78, 5) is 26.9. The average molecular weight is 411 g/mol. The predicted molar refractivity (Wildman–Crippen MR) is 99.2 cm³/mol. The molecule has 10 heteroatoms. The number of Topliss-reactive ketones (excluding diaryl/α,β-unsaturated/α-hetero) is 1. The van der Waals surface area contributed by atoms with Crippen molar-refractivity contribution >= 4 is 17.5 Å². The smallest absolute Gasteiger partial charge is 0.419 e. The number of carbonyl (C=O) groups is 2. The number of rotatable bonds is 9. The molecule has 1 aromatic heterocycles. The fourth-order valence-electron chi connectivity index (χ4n) is 2.36. The van der Waals surface area contributed by atoms with Gasteiger partial charge in [-0.25, -0.2) is 4.98 Å². The Morgan fingerprint density at radius 3 is 2.55 bits per heavy atom. The van der Waals surface area contributed by atoms with Gasteiger partial charge in [-0.05, 0) is 37.3 Å². The maximum atomic E-state index is 12.9. The third-order valence-corrected chi connectivity index (χ3v) is 3.78. The Labute approximate surface area is 165 Å². The van der Waals surface area contributed by atoms with Crippen LogP contribution in [-0.2, 0) is 11.0 Å². The zero-order valence-corrected chi connectivity index (χ0v) is 15.8. The molecule has 0 aliphatic rings. The number of ether oxygens (including phenoxy) is 2. The van der Waals surface area contributed by atoms with Crippen molar-refractivity contribution in [2.24, 2.45) is 0 Å². The van der Waals surface area contributed by atoms with Gasteiger partial charge in [-0.3, -0.25) is 9.59 Å². The van der Waals surface area contributed by atoms with Crippen molar-refractivity contribution in [2.45, 2.75) is 13.1 Å². The van der Waals surface area contributed by atoms with E-state index in [0.717, 1.165) is 6.07 Å². The maximum absolute atomic E-state index is 12.9. The zero-order valence-electron chi connectivity index (χ0n) is 15.8. The minimum absolute atomic E-state index is 0.0441. The van der Waals surface area contributed by atoms with Gasteiger partial charge in [-0.2, -0.15) is 13.2 Å². The largest absolute Gasteiger partial charge is 0.493 e. The monoisotopic (exact) mass is 411 g/mol. The van der Waals surface area contributed by atoms with Crippen molar-refractivity contribution in [2.75, 3.05) is 32.1 Å². The number of hydrogen-bond donors (Lipinski definition) is 2. The molecule has 0 aliphatic heterocycles. The van der Waals surface area contributed by atoms with E-state index < -0.39 is 17.6 Å². The number of nitrogens with one attached hydrogen (secondary N) is 2. The molecule has 2 aromatic rings. The van der Waals surface area contributed by atoms with E-state index in [1.54, 1.807) is 6.07 Å². The highest BCUT2D eigenvalue weighted by molar-refractivity contribution is 5.94. The van der Waals surface area contributed by atoms with Crippen LogP contribution in [0.25, 0.3) is 0 Å². The molecule has 0 bridgehead atoms. The Kier molecular flexibility index (Phi) is 7.40. The lowest BCUT2D eigenvalue weighted by Crippen LogP contribution is -2.33. The molecule has 156 valence electrons. The molecule has 1 heterocycles. The molecule has 29 heavy (non-hydrogen) atoms. The Hall–Kier alpha value is -3.30. The van der Waals surface area contributed by atoms with E-state index in [-0.39, 0.29) is 37.0 Å². The minimum Gasteiger partial charge on any atom is -0.493 e. The first-order chi connectivity index (χ1) is 13.7. The molecule has 0 saturated heterocycles. The third kappa shape index (κ3) is 6.37. The van der Waals surface area contributed by atoms with E-state index in [2.05, 4.69) is 15.6 Å². The van der Waals surface area contributed by atoms with Gasteiger partial charge < -0.3 is 20.1 Å². The van der Waals surface area contributed by atoms with Crippen molar-refractivity contribution in [1.82, 2.24) is 10.3 Å². The third-order valence-electron chi connectivity index (χ3n) is 3.78. The Morgan fingerprint density at radius 1 is 1.14 bits per heavy atom. The van der Waals surface area contributed by atoms with Gasteiger partial charge in [0.1, 0.15) is 5.82 Å². The van der Waals surface area contributed by atoms with Crippen LogP contribution in [0, 0.1) is 0 Å². The predicted octanol–water partition coefficient (Wildman–Crippen LogP) is 2.92. The summed E-state index contributed by atoms with van der Waals surface area (Å²) >= 11 is 0. The number of benzene rings is 1. The standard InChI is InChI=1S/C19H20F3N3O4/c1-12(26)13-5-6-15(16(10-13)28-2)29-11-17(27)23-8-9-25-18-14(19(20,21)22)4-3-7-24-18/h3-7,10H,8-9,11H2,1-2H3,(H,23,27)(H,24,25). The number of anilines is 1. The van der Waals surface area contributed by atoms with Gasteiger partial charge in [-0.15, -0.1) is 0 Å². The van der Waals surface area contributed by atoms with E-state index >= 15 is 0 Å². The molecule has 2 rings (SSSR count). The quantitative estimate of drug-likeness (QED) is 0.487. The molecule has 1 aromatic carbocycles. The van der Waals surface area contributed by atoms with Crippen LogP contribution < -0.4 is 20.1 Å². The second kappa shape index (κ2) is 9.76. The van der Waals surface area contributed by atoms with Crippen LogP contribution in [0.3, 0.4) is 0 Å². The van der Waals surface area contributed by atoms with Gasteiger partial charge in [0.15, 0.2) is 23.9 Å². The number of carbonyl (C=O) groups excluding carboxylic acids is 2. The number of hydrogen-bond acceptors (Lipinski definition) is 6. The number of aromatic nitrogens is 1. The number of pyridine rings is 1. The van der Waals surface area contributed by atoms with Crippen LogP contribution in [-0.4, -0.2) is 43.5 Å². The first-order valence-corrected chi connectivity index (χ1v) is 8.57. The van der Waals surface area contributed by atoms with E-state index in [1.165, 1.54) is 38.4 Å². The Bertz CT molecular complexity index is 872. The van der Waals surface area contributed by atoms with E-state index in [4.69, 9.17) is 9.47 Å². The topological polar surface area (TPSA) is 89.5 Å². The highest BCUT2D eigenvalue weighted by Crippen LogP contribution is 2.33. The van der Waals surface area contributed by atoms with Gasteiger partial charge >= 0.3 is 6.18 Å². The number of alkyl halides is 3. The second-order valence-electron chi connectivity index (χ2n) is 5.88. The summed E-state index contributed by atoms with van der Waals surface area (Å²) in [6.07, 6.45) is -3.28. The molecular formula is C19H20F3N3O4. The number of ketones is 1. The van der Waals surface area contributed by atoms with Gasteiger partial charge in [0.2, 0.25) is 0 Å². The first-order valence-electron chi connectivity index (χ1n) is 8.57. The van der Waals surface area contributed by atoms with Gasteiger partial charge in [0.25, 0.3) is 5.91 Å². The van der Waals surface area contributed by atoms with Gasteiger partial charge in [0.05, 0.1) is 12.7 Å². The molecule has 2 N–H and O–H groups in total. The number of methoxy groups -OCH3 is 1. The number of amides is 1. The summed E-state index contributed by atoms with van der Waals surface area (Å²) in [6, 6.07) is 6.69. The Balaban J connectivity index is 1.81. The average Bonchev–Trinajstić information content (AvgIpc) is 2.69. The summed E-state index contributed by atoms with van der Waals surface area (Å²) in [5.74, 6) is -0.319. The molecule has 0 radical (unpaired) electrons. The van der Waals surface area contributed by atoms with Crippen LogP contribution in [0.4, 0.5) is 19.0 Å². The van der Waals surface area contributed by atoms with Crippen LogP contribution in [0.15, 0.2) is 36.5 Å². The fourth-order valence-corrected chi connectivity index (χ4v) is 2.36. The summed E-state index contributed by atoms with van der Waals surface area (Å²) < 4.78 is 49.2. The number of halogens is 3. The van der Waals surface area contributed by atoms with Crippen LogP contribution in [0.1, 0.15) is 22.8 Å². The minimum atomic E-state index is -4.52. The molecule has 1 amide bonds. The zero-order chi connectivity index (χ0) is 21.4. The molecular weight excluding hydrogens is 391 g/mol. The van der Waals surface area contributed by atoms with E-state index in [1.807, 2.05) is 0 Å². The summed E-state index contributed by atoms with van der Waals surface area (Å²) in [7, 11) is 1.41. The van der Waals surface area contributed by atoms with Crippen molar-refractivity contribution in [1.29, 1.82) is 0 Å². The Morgan fingerprint density at radius 2 is 1.90 bits per heavy atom. The molecule has 0 fully saturated rings. The number of nitrogens with zero attached hydrogens (tertiary/aromatic N) is 1. The second-order valence-corrected chi connectivity index (χ2v) is 5.88. The van der Waals surface area contributed by atoms with Crippen molar-refractivity contribution in [3.63, 3.8) is 0 Å². The molecule has 0 aliphatic carbocycles. The summed E-state index contributed by atoms with van der Waals surface area (Å²) in [5.41, 5.74) is -0.437. The molecule has 0 saturated carbocycles. The van der Waals surface area contributed by atoms with E-state index in [0.29, 0.717) is 11.3 Å². The normalized spacial score (nSPS) is 10.9.